The molecule has 3 aromatic rings. The largest absolute Gasteiger partial charge is 0.347 e. The Hall–Kier alpha value is -3.48. The highest BCUT2D eigenvalue weighted by Gasteiger charge is 2.19. The molecule has 0 spiro atoms. The van der Waals surface area contributed by atoms with Gasteiger partial charge in [-0.3, -0.25) is 18.7 Å². The Morgan fingerprint density at radius 3 is 2.30 bits per heavy atom. The number of aromatic nitrogens is 2. The predicted octanol–water partition coefficient (Wildman–Crippen LogP) is 2.71. The molecule has 1 aromatic heterocycles. The first-order valence-corrected chi connectivity index (χ1v) is 9.74. The lowest BCUT2D eigenvalue weighted by Crippen LogP contribution is -2.44. The van der Waals surface area contributed by atoms with Crippen molar-refractivity contribution in [1.82, 2.24) is 14.5 Å². The summed E-state index contributed by atoms with van der Waals surface area (Å²) in [5, 5.41) is 2.86. The summed E-state index contributed by atoms with van der Waals surface area (Å²) in [6.45, 7) is 3.76. The smallest absolute Gasteiger partial charge is 0.331 e. The summed E-state index contributed by atoms with van der Waals surface area (Å²) in [6.07, 6.45) is 1.43. The zero-order chi connectivity index (χ0) is 21.7. The number of nitrogens with one attached hydrogen (secondary N) is 1. The number of carbonyl (C=O) groups excluding carboxylic acids is 1. The highest BCUT2D eigenvalue weighted by molar-refractivity contribution is 5.76. The molecule has 0 saturated heterocycles. The Bertz CT molecular complexity index is 1120. The number of benzene rings is 2. The van der Waals surface area contributed by atoms with Crippen molar-refractivity contribution >= 4 is 5.91 Å². The van der Waals surface area contributed by atoms with E-state index in [9.17, 15) is 18.8 Å². The summed E-state index contributed by atoms with van der Waals surface area (Å²) in [5.74, 6) is -0.793. The molecule has 1 amide bonds. The summed E-state index contributed by atoms with van der Waals surface area (Å²) < 4.78 is 15.5. The first kappa shape index (κ1) is 21.2. The first-order chi connectivity index (χ1) is 14.3. The van der Waals surface area contributed by atoms with Crippen LogP contribution in [-0.2, 0) is 17.9 Å². The lowest BCUT2D eigenvalue weighted by Gasteiger charge is -2.23. The molecule has 1 atom stereocenters. The molecule has 0 aliphatic heterocycles. The van der Waals surface area contributed by atoms with Gasteiger partial charge in [0.1, 0.15) is 12.4 Å². The summed E-state index contributed by atoms with van der Waals surface area (Å²) in [4.78, 5) is 37.6. The Labute approximate surface area is 173 Å². The lowest BCUT2D eigenvalue weighted by atomic mass is 9.96. The van der Waals surface area contributed by atoms with Crippen LogP contribution in [0.5, 0.6) is 0 Å². The standard InChI is InChI=1S/C23H24FN3O3/c1-16(2)22(18-8-10-19(24)11-9-18)25-20(28)15-27-21(29)12-13-26(23(27)30)14-17-6-4-3-5-7-17/h3-13,16,22H,14-15H2,1-2H3,(H,25,28). The van der Waals surface area contributed by atoms with Crippen LogP contribution in [0.4, 0.5) is 4.39 Å². The van der Waals surface area contributed by atoms with E-state index in [2.05, 4.69) is 5.32 Å². The molecule has 0 aliphatic rings. The summed E-state index contributed by atoms with van der Waals surface area (Å²) in [6, 6.07) is 16.2. The van der Waals surface area contributed by atoms with Crippen molar-refractivity contribution in [1.29, 1.82) is 0 Å². The maximum atomic E-state index is 13.2. The molecule has 1 heterocycles. The number of rotatable bonds is 7. The minimum absolute atomic E-state index is 0.0293. The molecule has 0 fully saturated rings. The zero-order valence-electron chi connectivity index (χ0n) is 16.9. The van der Waals surface area contributed by atoms with Crippen LogP contribution in [-0.4, -0.2) is 15.0 Å². The van der Waals surface area contributed by atoms with Crippen molar-refractivity contribution in [3.63, 3.8) is 0 Å². The average Bonchev–Trinajstić information content (AvgIpc) is 2.73. The van der Waals surface area contributed by atoms with Gasteiger partial charge in [-0.25, -0.2) is 9.18 Å². The quantitative estimate of drug-likeness (QED) is 0.652. The normalized spacial score (nSPS) is 12.0. The Morgan fingerprint density at radius 1 is 1.00 bits per heavy atom. The minimum Gasteiger partial charge on any atom is -0.347 e. The molecular formula is C23H24FN3O3. The summed E-state index contributed by atoms with van der Waals surface area (Å²) in [7, 11) is 0. The second-order valence-electron chi connectivity index (χ2n) is 7.48. The van der Waals surface area contributed by atoms with Gasteiger partial charge in [0, 0.05) is 12.3 Å². The third-order valence-electron chi connectivity index (χ3n) is 4.85. The lowest BCUT2D eigenvalue weighted by molar-refractivity contribution is -0.122. The number of amides is 1. The number of nitrogens with zero attached hydrogens (tertiary/aromatic N) is 2. The second-order valence-corrected chi connectivity index (χ2v) is 7.48. The number of carbonyl (C=O) groups is 1. The molecule has 1 N–H and O–H groups in total. The molecule has 30 heavy (non-hydrogen) atoms. The monoisotopic (exact) mass is 409 g/mol. The van der Waals surface area contributed by atoms with Gasteiger partial charge in [0.15, 0.2) is 0 Å². The fourth-order valence-electron chi connectivity index (χ4n) is 3.27. The van der Waals surface area contributed by atoms with Gasteiger partial charge in [0.25, 0.3) is 5.56 Å². The third kappa shape index (κ3) is 5.11. The maximum Gasteiger partial charge on any atom is 0.331 e. The van der Waals surface area contributed by atoms with Crippen LogP contribution in [0.2, 0.25) is 0 Å². The van der Waals surface area contributed by atoms with Crippen LogP contribution in [0.3, 0.4) is 0 Å². The van der Waals surface area contributed by atoms with E-state index in [1.165, 1.54) is 29.0 Å². The molecule has 7 heteroatoms. The molecule has 1 unspecified atom stereocenters. The first-order valence-electron chi connectivity index (χ1n) is 9.74. The molecule has 0 radical (unpaired) electrons. The van der Waals surface area contributed by atoms with Gasteiger partial charge in [0.2, 0.25) is 5.91 Å². The van der Waals surface area contributed by atoms with Crippen LogP contribution in [0.1, 0.15) is 31.0 Å². The highest BCUT2D eigenvalue weighted by atomic mass is 19.1. The van der Waals surface area contributed by atoms with Gasteiger partial charge in [0.05, 0.1) is 12.6 Å². The fourth-order valence-corrected chi connectivity index (χ4v) is 3.27. The number of hydrogen-bond donors (Lipinski definition) is 1. The van der Waals surface area contributed by atoms with Crippen LogP contribution in [0, 0.1) is 11.7 Å². The average molecular weight is 409 g/mol. The molecule has 3 rings (SSSR count). The fraction of sp³-hybridized carbons (Fsp3) is 0.261. The van der Waals surface area contributed by atoms with E-state index in [4.69, 9.17) is 0 Å². The maximum absolute atomic E-state index is 13.2. The molecule has 0 bridgehead atoms. The van der Waals surface area contributed by atoms with Crippen molar-refractivity contribution in [2.75, 3.05) is 0 Å². The molecule has 156 valence electrons. The van der Waals surface area contributed by atoms with Crippen LogP contribution in [0.15, 0.2) is 76.4 Å². The van der Waals surface area contributed by atoms with E-state index in [0.717, 1.165) is 15.7 Å². The van der Waals surface area contributed by atoms with E-state index in [1.807, 2.05) is 44.2 Å². The SMILES string of the molecule is CC(C)C(NC(=O)Cn1c(=O)ccn(Cc2ccccc2)c1=O)c1ccc(F)cc1. The van der Waals surface area contributed by atoms with E-state index in [0.29, 0.717) is 6.54 Å². The van der Waals surface area contributed by atoms with E-state index in [-0.39, 0.29) is 17.8 Å². The van der Waals surface area contributed by atoms with Gasteiger partial charge >= 0.3 is 5.69 Å². The Balaban J connectivity index is 1.80. The molecule has 0 saturated carbocycles. The number of halogens is 1. The number of hydrogen-bond acceptors (Lipinski definition) is 3. The van der Waals surface area contributed by atoms with Crippen molar-refractivity contribution in [2.45, 2.75) is 33.0 Å². The zero-order valence-corrected chi connectivity index (χ0v) is 16.9. The second kappa shape index (κ2) is 9.35. The van der Waals surface area contributed by atoms with Crippen LogP contribution < -0.4 is 16.6 Å². The summed E-state index contributed by atoms with van der Waals surface area (Å²) in [5.41, 5.74) is 0.568. The minimum atomic E-state index is -0.551. The molecule has 6 nitrogen and oxygen atoms in total. The van der Waals surface area contributed by atoms with E-state index < -0.39 is 23.7 Å². The third-order valence-corrected chi connectivity index (χ3v) is 4.85. The van der Waals surface area contributed by atoms with Crippen LogP contribution in [0.25, 0.3) is 0 Å². The predicted molar refractivity (Wildman–Crippen MR) is 113 cm³/mol. The summed E-state index contributed by atoms with van der Waals surface area (Å²) >= 11 is 0. The van der Waals surface area contributed by atoms with Crippen molar-refractivity contribution in [3.05, 3.63) is 105 Å². The highest BCUT2D eigenvalue weighted by Crippen LogP contribution is 2.21. The molecule has 0 aliphatic carbocycles. The van der Waals surface area contributed by atoms with E-state index in [1.54, 1.807) is 12.1 Å². The van der Waals surface area contributed by atoms with E-state index >= 15 is 0 Å². The van der Waals surface area contributed by atoms with Crippen molar-refractivity contribution in [2.24, 2.45) is 5.92 Å². The Kier molecular flexibility index (Phi) is 6.61. The van der Waals surface area contributed by atoms with Gasteiger partial charge in [-0.15, -0.1) is 0 Å². The van der Waals surface area contributed by atoms with Crippen molar-refractivity contribution < 1.29 is 9.18 Å². The Morgan fingerprint density at radius 2 is 1.67 bits per heavy atom. The van der Waals surface area contributed by atoms with Crippen LogP contribution >= 0.6 is 0 Å². The topological polar surface area (TPSA) is 73.1 Å². The van der Waals surface area contributed by atoms with Crippen molar-refractivity contribution in [3.8, 4) is 0 Å². The van der Waals surface area contributed by atoms with Gasteiger partial charge < -0.3 is 5.32 Å². The molecular weight excluding hydrogens is 385 g/mol. The van der Waals surface area contributed by atoms with Gasteiger partial charge in [-0.1, -0.05) is 56.3 Å². The van der Waals surface area contributed by atoms with Gasteiger partial charge in [-0.2, -0.15) is 0 Å². The van der Waals surface area contributed by atoms with Gasteiger partial charge in [-0.05, 0) is 29.2 Å². The molecule has 2 aromatic carbocycles.